The van der Waals surface area contributed by atoms with Crippen LogP contribution < -0.4 is 15.4 Å². The van der Waals surface area contributed by atoms with Gasteiger partial charge in [0, 0.05) is 24.3 Å². The first-order chi connectivity index (χ1) is 13.7. The van der Waals surface area contributed by atoms with Crippen LogP contribution in [0.5, 0.6) is 5.75 Å². The van der Waals surface area contributed by atoms with Gasteiger partial charge < -0.3 is 15.4 Å². The molecule has 3 aromatic rings. The lowest BCUT2D eigenvalue weighted by atomic mass is 10.2. The molecule has 5 nitrogen and oxygen atoms in total. The topological polar surface area (TPSA) is 74.2 Å². The molecule has 0 saturated heterocycles. The predicted octanol–water partition coefficient (Wildman–Crippen LogP) is 4.58. The van der Waals surface area contributed by atoms with E-state index in [1.807, 2.05) is 66.7 Å². The summed E-state index contributed by atoms with van der Waals surface area (Å²) in [7, 11) is 0. The van der Waals surface area contributed by atoms with Crippen LogP contribution in [0.4, 0.5) is 11.4 Å². The van der Waals surface area contributed by atoms with Crippen LogP contribution in [-0.2, 0) is 11.4 Å². The zero-order chi connectivity index (χ0) is 19.6. The first-order valence-corrected chi connectivity index (χ1v) is 9.03. The van der Waals surface area contributed by atoms with E-state index in [1.54, 1.807) is 12.1 Å². The van der Waals surface area contributed by atoms with Crippen molar-refractivity contribution < 1.29 is 9.53 Å². The molecule has 5 heteroatoms. The zero-order valence-corrected chi connectivity index (χ0v) is 15.4. The number of amides is 1. The summed E-state index contributed by atoms with van der Waals surface area (Å²) in [5.74, 6) is 0.669. The Morgan fingerprint density at radius 2 is 1.71 bits per heavy atom. The summed E-state index contributed by atoms with van der Waals surface area (Å²) in [6.45, 7) is 0.990. The van der Waals surface area contributed by atoms with E-state index in [0.717, 1.165) is 22.7 Å². The molecule has 0 saturated carbocycles. The second-order valence-electron chi connectivity index (χ2n) is 6.22. The Balaban J connectivity index is 1.42. The molecular weight excluding hydrogens is 350 g/mol. The van der Waals surface area contributed by atoms with Crippen LogP contribution in [0.1, 0.15) is 17.5 Å². The van der Waals surface area contributed by atoms with Crippen LogP contribution in [-0.4, -0.2) is 12.5 Å². The van der Waals surface area contributed by atoms with Crippen molar-refractivity contribution in [1.82, 2.24) is 0 Å². The van der Waals surface area contributed by atoms with Gasteiger partial charge in [-0.05, 0) is 48.0 Å². The molecule has 3 rings (SSSR count). The van der Waals surface area contributed by atoms with Gasteiger partial charge in [0.1, 0.15) is 12.4 Å². The maximum atomic E-state index is 12.1. The van der Waals surface area contributed by atoms with Gasteiger partial charge in [0.25, 0.3) is 0 Å². The van der Waals surface area contributed by atoms with Crippen molar-refractivity contribution in [1.29, 1.82) is 5.26 Å². The Bertz CT molecular complexity index is 948. The number of carbonyl (C=O) groups is 1. The van der Waals surface area contributed by atoms with Crippen molar-refractivity contribution in [2.24, 2.45) is 0 Å². The Hall–Kier alpha value is -3.78. The number of nitrogens with zero attached hydrogens (tertiary/aromatic N) is 1. The van der Waals surface area contributed by atoms with Crippen molar-refractivity contribution in [3.05, 3.63) is 90.0 Å². The van der Waals surface area contributed by atoms with E-state index >= 15 is 0 Å². The van der Waals surface area contributed by atoms with Crippen LogP contribution in [0.25, 0.3) is 0 Å². The van der Waals surface area contributed by atoms with E-state index < -0.39 is 0 Å². The SMILES string of the molecule is N#Cc1cccc(NCCC(=O)Nc2ccc(OCc3ccccc3)cc2)c1. The number of benzene rings is 3. The average Bonchev–Trinajstić information content (AvgIpc) is 2.74. The maximum absolute atomic E-state index is 12.1. The first kappa shape index (κ1) is 19.0. The number of hydrogen-bond acceptors (Lipinski definition) is 4. The van der Waals surface area contributed by atoms with Gasteiger partial charge in [0.15, 0.2) is 0 Å². The number of nitriles is 1. The van der Waals surface area contributed by atoms with E-state index in [9.17, 15) is 4.79 Å². The number of ether oxygens (including phenoxy) is 1. The molecule has 0 fully saturated rings. The van der Waals surface area contributed by atoms with Crippen LogP contribution >= 0.6 is 0 Å². The molecule has 0 unspecified atom stereocenters. The Morgan fingerprint density at radius 1 is 0.929 bits per heavy atom. The fourth-order valence-electron chi connectivity index (χ4n) is 2.62. The van der Waals surface area contributed by atoms with E-state index in [4.69, 9.17) is 10.00 Å². The first-order valence-electron chi connectivity index (χ1n) is 9.03. The molecule has 0 bridgehead atoms. The Labute approximate surface area is 164 Å². The van der Waals surface area contributed by atoms with E-state index in [-0.39, 0.29) is 5.91 Å². The summed E-state index contributed by atoms with van der Waals surface area (Å²) in [5, 5.41) is 14.9. The molecule has 0 aliphatic rings. The van der Waals surface area contributed by atoms with Crippen molar-refractivity contribution in [3.63, 3.8) is 0 Å². The molecule has 1 amide bonds. The number of nitrogens with one attached hydrogen (secondary N) is 2. The standard InChI is InChI=1S/C23H21N3O2/c24-16-19-7-4-8-21(15-19)25-14-13-23(27)26-20-9-11-22(12-10-20)28-17-18-5-2-1-3-6-18/h1-12,15,25H,13-14,17H2,(H,26,27). The summed E-state index contributed by atoms with van der Waals surface area (Å²) < 4.78 is 5.74. The third-order valence-corrected chi connectivity index (χ3v) is 4.06. The highest BCUT2D eigenvalue weighted by atomic mass is 16.5. The highest BCUT2D eigenvalue weighted by Crippen LogP contribution is 2.17. The highest BCUT2D eigenvalue weighted by Gasteiger charge is 2.03. The fraction of sp³-hybridized carbons (Fsp3) is 0.130. The summed E-state index contributed by atoms with van der Waals surface area (Å²) in [6.07, 6.45) is 0.322. The molecule has 0 aliphatic carbocycles. The smallest absolute Gasteiger partial charge is 0.226 e. The molecule has 0 aromatic heterocycles. The van der Waals surface area contributed by atoms with Crippen molar-refractivity contribution in [3.8, 4) is 11.8 Å². The van der Waals surface area contributed by atoms with Crippen LogP contribution in [0.15, 0.2) is 78.9 Å². The molecule has 0 radical (unpaired) electrons. The second-order valence-corrected chi connectivity index (χ2v) is 6.22. The molecule has 28 heavy (non-hydrogen) atoms. The summed E-state index contributed by atoms with van der Waals surface area (Å²) in [6, 6.07) is 26.5. The lowest BCUT2D eigenvalue weighted by Gasteiger charge is -2.09. The van der Waals surface area contributed by atoms with Crippen molar-refractivity contribution in [2.45, 2.75) is 13.0 Å². The van der Waals surface area contributed by atoms with Gasteiger partial charge >= 0.3 is 0 Å². The third kappa shape index (κ3) is 5.89. The van der Waals surface area contributed by atoms with Gasteiger partial charge in [-0.25, -0.2) is 0 Å². The monoisotopic (exact) mass is 371 g/mol. The maximum Gasteiger partial charge on any atom is 0.226 e. The third-order valence-electron chi connectivity index (χ3n) is 4.06. The average molecular weight is 371 g/mol. The molecule has 0 heterocycles. The van der Waals surface area contributed by atoms with Crippen molar-refractivity contribution in [2.75, 3.05) is 17.2 Å². The quantitative estimate of drug-likeness (QED) is 0.608. The van der Waals surface area contributed by atoms with Gasteiger partial charge in [-0.1, -0.05) is 36.4 Å². The Morgan fingerprint density at radius 3 is 2.46 bits per heavy atom. The lowest BCUT2D eigenvalue weighted by Crippen LogP contribution is -2.16. The van der Waals surface area contributed by atoms with Crippen LogP contribution in [0.3, 0.4) is 0 Å². The molecule has 2 N–H and O–H groups in total. The minimum absolute atomic E-state index is 0.0816. The minimum atomic E-state index is -0.0816. The van der Waals surface area contributed by atoms with Gasteiger partial charge in [0.05, 0.1) is 11.6 Å². The largest absolute Gasteiger partial charge is 0.489 e. The molecule has 0 spiro atoms. The van der Waals surface area contributed by atoms with Gasteiger partial charge in [-0.3, -0.25) is 4.79 Å². The number of hydrogen-bond donors (Lipinski definition) is 2. The van der Waals surface area contributed by atoms with Crippen molar-refractivity contribution >= 4 is 17.3 Å². The van der Waals surface area contributed by atoms with Gasteiger partial charge in [0.2, 0.25) is 5.91 Å². The predicted molar refractivity (Wildman–Crippen MR) is 110 cm³/mol. The second kappa shape index (κ2) is 9.79. The number of anilines is 2. The summed E-state index contributed by atoms with van der Waals surface area (Å²) in [5.41, 5.74) is 3.24. The summed E-state index contributed by atoms with van der Waals surface area (Å²) in [4.78, 5) is 12.1. The number of carbonyl (C=O) groups excluding carboxylic acids is 1. The molecule has 3 aromatic carbocycles. The van der Waals surface area contributed by atoms with Crippen LogP contribution in [0.2, 0.25) is 0 Å². The van der Waals surface area contributed by atoms with E-state index in [2.05, 4.69) is 16.7 Å². The highest BCUT2D eigenvalue weighted by molar-refractivity contribution is 5.91. The molecule has 140 valence electrons. The van der Waals surface area contributed by atoms with Gasteiger partial charge in [-0.2, -0.15) is 5.26 Å². The zero-order valence-electron chi connectivity index (χ0n) is 15.4. The number of rotatable bonds is 8. The van der Waals surface area contributed by atoms with E-state index in [1.165, 1.54) is 0 Å². The Kier molecular flexibility index (Phi) is 6.64. The van der Waals surface area contributed by atoms with Gasteiger partial charge in [-0.15, -0.1) is 0 Å². The summed E-state index contributed by atoms with van der Waals surface area (Å²) >= 11 is 0. The normalized spacial score (nSPS) is 9.96. The fourth-order valence-corrected chi connectivity index (χ4v) is 2.62. The molecular formula is C23H21N3O2. The van der Waals surface area contributed by atoms with Crippen LogP contribution in [0, 0.1) is 11.3 Å². The molecule has 0 aliphatic heterocycles. The molecule has 0 atom stereocenters. The minimum Gasteiger partial charge on any atom is -0.489 e. The lowest BCUT2D eigenvalue weighted by molar-refractivity contribution is -0.115. The van der Waals surface area contributed by atoms with E-state index in [0.29, 0.717) is 25.1 Å².